The smallest absolute Gasteiger partial charge is 0.288 e. The van der Waals surface area contributed by atoms with Gasteiger partial charge in [-0.25, -0.2) is 8.42 Å². The fourth-order valence-electron chi connectivity index (χ4n) is 3.40. The summed E-state index contributed by atoms with van der Waals surface area (Å²) in [7, 11) is -3.68. The van der Waals surface area contributed by atoms with Crippen molar-refractivity contribution in [1.82, 2.24) is 0 Å². The molecule has 2 aromatic rings. The lowest BCUT2D eigenvalue weighted by Gasteiger charge is -2.34. The van der Waals surface area contributed by atoms with Crippen molar-refractivity contribution in [3.8, 4) is 0 Å². The van der Waals surface area contributed by atoms with Crippen molar-refractivity contribution in [1.29, 1.82) is 0 Å². The first-order valence-corrected chi connectivity index (χ1v) is 10.7. The van der Waals surface area contributed by atoms with Crippen molar-refractivity contribution in [2.45, 2.75) is 30.7 Å². The van der Waals surface area contributed by atoms with Crippen LogP contribution in [0.15, 0.2) is 47.4 Å². The van der Waals surface area contributed by atoms with Crippen LogP contribution in [0.4, 0.5) is 17.1 Å². The normalized spacial score (nSPS) is 15.6. The molecule has 3 rings (SSSR count). The minimum absolute atomic E-state index is 0.231. The molecule has 0 saturated carbocycles. The minimum atomic E-state index is -3.68. The van der Waals surface area contributed by atoms with Gasteiger partial charge in [0.25, 0.3) is 5.69 Å². The highest BCUT2D eigenvalue weighted by Crippen LogP contribution is 2.30. The summed E-state index contributed by atoms with van der Waals surface area (Å²) in [5, 5.41) is 14.7. The Hall–Kier alpha value is -2.61. The van der Waals surface area contributed by atoms with E-state index in [-0.39, 0.29) is 10.6 Å². The molecule has 0 bridgehead atoms. The van der Waals surface area contributed by atoms with Gasteiger partial charge < -0.3 is 10.2 Å². The van der Waals surface area contributed by atoms with E-state index in [1.54, 1.807) is 6.07 Å². The topological polar surface area (TPSA) is 92.5 Å². The molecule has 8 heteroatoms. The van der Waals surface area contributed by atoms with Crippen LogP contribution in [0.25, 0.3) is 0 Å². The lowest BCUT2D eigenvalue weighted by Crippen LogP contribution is -2.39. The van der Waals surface area contributed by atoms with Crippen LogP contribution in [-0.2, 0) is 9.84 Å². The van der Waals surface area contributed by atoms with E-state index >= 15 is 0 Å². The van der Waals surface area contributed by atoms with E-state index < -0.39 is 14.8 Å². The zero-order valence-electron chi connectivity index (χ0n) is 15.4. The summed E-state index contributed by atoms with van der Waals surface area (Å²) < 4.78 is 23.9. The number of hydrogen-bond donors (Lipinski definition) is 1. The summed E-state index contributed by atoms with van der Waals surface area (Å²) in [4.78, 5) is 12.3. The molecule has 0 amide bonds. The molecule has 27 heavy (non-hydrogen) atoms. The summed E-state index contributed by atoms with van der Waals surface area (Å²) in [6.07, 6.45) is 2.80. The van der Waals surface area contributed by atoms with E-state index in [0.29, 0.717) is 11.7 Å². The summed E-state index contributed by atoms with van der Waals surface area (Å²) in [6.45, 7) is 3.57. The van der Waals surface area contributed by atoms with Gasteiger partial charge in [0.1, 0.15) is 4.90 Å². The third-order valence-corrected chi connectivity index (χ3v) is 5.91. The van der Waals surface area contributed by atoms with Gasteiger partial charge in [-0.1, -0.05) is 12.1 Å². The molecule has 1 saturated heterocycles. The maximum Gasteiger partial charge on any atom is 0.288 e. The highest BCUT2D eigenvalue weighted by molar-refractivity contribution is 7.90. The number of nitrogens with zero attached hydrogens (tertiary/aromatic N) is 2. The van der Waals surface area contributed by atoms with Gasteiger partial charge in [0.05, 0.1) is 4.92 Å². The number of piperidine rings is 1. The number of sulfone groups is 1. The Kier molecular flexibility index (Phi) is 5.36. The van der Waals surface area contributed by atoms with Crippen molar-refractivity contribution >= 4 is 26.9 Å². The zero-order valence-corrected chi connectivity index (χ0v) is 16.2. The average Bonchev–Trinajstić information content (AvgIpc) is 2.61. The predicted molar refractivity (Wildman–Crippen MR) is 106 cm³/mol. The highest BCUT2D eigenvalue weighted by atomic mass is 32.2. The number of aryl methyl sites for hydroxylation is 1. The zero-order chi connectivity index (χ0) is 19.6. The van der Waals surface area contributed by atoms with E-state index in [1.165, 1.54) is 17.7 Å². The number of anilines is 2. The Bertz CT molecular complexity index is 951. The molecule has 0 aromatic heterocycles. The van der Waals surface area contributed by atoms with Crippen molar-refractivity contribution in [2.75, 3.05) is 29.6 Å². The lowest BCUT2D eigenvalue weighted by molar-refractivity contribution is -0.387. The van der Waals surface area contributed by atoms with Crippen LogP contribution in [-0.4, -0.2) is 38.7 Å². The number of nitro groups is 1. The van der Waals surface area contributed by atoms with Crippen LogP contribution in [0.2, 0.25) is 0 Å². The molecule has 0 atom stereocenters. The molecular formula is C19H23N3O4S. The number of nitrogens with one attached hydrogen (secondary N) is 1. The van der Waals surface area contributed by atoms with Gasteiger partial charge >= 0.3 is 0 Å². The van der Waals surface area contributed by atoms with Gasteiger partial charge in [0.15, 0.2) is 9.84 Å². The molecule has 1 N–H and O–H groups in total. The number of hydrogen-bond acceptors (Lipinski definition) is 6. The third kappa shape index (κ3) is 4.57. The molecule has 1 aliphatic heterocycles. The van der Waals surface area contributed by atoms with Crippen molar-refractivity contribution in [3.63, 3.8) is 0 Å². The summed E-state index contributed by atoms with van der Waals surface area (Å²) in [6, 6.07) is 12.9. The molecular weight excluding hydrogens is 366 g/mol. The second-order valence-corrected chi connectivity index (χ2v) is 8.94. The van der Waals surface area contributed by atoms with E-state index in [0.717, 1.165) is 37.9 Å². The second-order valence-electron chi connectivity index (χ2n) is 6.96. The standard InChI is InChI=1S/C19H23N3O4S/c1-14-4-3-5-16(12-14)20-15-8-10-21(11-9-15)17-6-7-18(22(23)24)19(13-17)27(2,25)26/h3-7,12-13,15,20H,8-11H2,1-2H3. The molecule has 1 aliphatic rings. The number of benzene rings is 2. The van der Waals surface area contributed by atoms with Gasteiger partial charge in [-0.05, 0) is 49.6 Å². The fraction of sp³-hybridized carbons (Fsp3) is 0.368. The average molecular weight is 389 g/mol. The quantitative estimate of drug-likeness (QED) is 0.622. The van der Waals surface area contributed by atoms with Gasteiger partial charge in [-0.2, -0.15) is 0 Å². The molecule has 144 valence electrons. The van der Waals surface area contributed by atoms with Crippen molar-refractivity contribution in [3.05, 3.63) is 58.1 Å². The Morgan fingerprint density at radius 3 is 2.44 bits per heavy atom. The lowest BCUT2D eigenvalue weighted by atomic mass is 10.0. The monoisotopic (exact) mass is 389 g/mol. The van der Waals surface area contributed by atoms with Crippen LogP contribution in [0.1, 0.15) is 18.4 Å². The molecule has 0 radical (unpaired) electrons. The molecule has 0 aliphatic carbocycles. The Labute approximate surface area is 159 Å². The van der Waals surface area contributed by atoms with E-state index in [1.807, 2.05) is 12.1 Å². The maximum atomic E-state index is 11.9. The van der Waals surface area contributed by atoms with Gasteiger partial charge in [-0.15, -0.1) is 0 Å². The Morgan fingerprint density at radius 1 is 1.15 bits per heavy atom. The van der Waals surface area contributed by atoms with Crippen LogP contribution >= 0.6 is 0 Å². The summed E-state index contributed by atoms with van der Waals surface area (Å²) >= 11 is 0. The molecule has 0 unspecified atom stereocenters. The fourth-order valence-corrected chi connectivity index (χ4v) is 4.26. The van der Waals surface area contributed by atoms with E-state index in [2.05, 4.69) is 29.3 Å². The SMILES string of the molecule is Cc1cccc(NC2CCN(c3ccc([N+](=O)[O-])c(S(C)(=O)=O)c3)CC2)c1. The van der Waals surface area contributed by atoms with Crippen LogP contribution in [0.3, 0.4) is 0 Å². The molecule has 2 aromatic carbocycles. The van der Waals surface area contributed by atoms with Crippen LogP contribution in [0, 0.1) is 17.0 Å². The van der Waals surface area contributed by atoms with E-state index in [4.69, 9.17) is 0 Å². The largest absolute Gasteiger partial charge is 0.382 e. The predicted octanol–water partition coefficient (Wildman–Crippen LogP) is 3.39. The third-order valence-electron chi connectivity index (χ3n) is 4.79. The highest BCUT2D eigenvalue weighted by Gasteiger charge is 2.25. The van der Waals surface area contributed by atoms with Gasteiger partial charge in [-0.3, -0.25) is 10.1 Å². The first-order chi connectivity index (χ1) is 12.7. The van der Waals surface area contributed by atoms with Crippen LogP contribution in [0.5, 0.6) is 0 Å². The second kappa shape index (κ2) is 7.56. The Balaban J connectivity index is 1.71. The summed E-state index contributed by atoms with van der Waals surface area (Å²) in [5.74, 6) is 0. The molecule has 7 nitrogen and oxygen atoms in total. The summed E-state index contributed by atoms with van der Waals surface area (Å²) in [5.41, 5.74) is 2.63. The maximum absolute atomic E-state index is 11.9. The number of rotatable bonds is 5. The van der Waals surface area contributed by atoms with Crippen molar-refractivity contribution in [2.24, 2.45) is 0 Å². The van der Waals surface area contributed by atoms with Gasteiger partial charge in [0, 0.05) is 42.8 Å². The molecule has 1 heterocycles. The number of nitro benzene ring substituents is 1. The minimum Gasteiger partial charge on any atom is -0.382 e. The molecule has 1 fully saturated rings. The first-order valence-electron chi connectivity index (χ1n) is 8.81. The molecule has 0 spiro atoms. The van der Waals surface area contributed by atoms with Crippen molar-refractivity contribution < 1.29 is 13.3 Å². The van der Waals surface area contributed by atoms with E-state index in [9.17, 15) is 18.5 Å². The Morgan fingerprint density at radius 2 is 1.85 bits per heavy atom. The first kappa shape index (κ1) is 19.2. The van der Waals surface area contributed by atoms with Gasteiger partial charge in [0.2, 0.25) is 0 Å². The van der Waals surface area contributed by atoms with Crippen LogP contribution < -0.4 is 10.2 Å².